The second kappa shape index (κ2) is 6.38. The first kappa shape index (κ1) is 17.1. The highest BCUT2D eigenvalue weighted by Crippen LogP contribution is 2.38. The highest BCUT2D eigenvalue weighted by Gasteiger charge is 2.36. The molecule has 0 aliphatic carbocycles. The summed E-state index contributed by atoms with van der Waals surface area (Å²) in [5.74, 6) is 1.99. The van der Waals surface area contributed by atoms with Crippen LogP contribution in [-0.4, -0.2) is 42.6 Å². The minimum Gasteiger partial charge on any atom is -0.384 e. The second-order valence-electron chi connectivity index (χ2n) is 8.09. The van der Waals surface area contributed by atoms with Crippen molar-refractivity contribution in [3.8, 4) is 11.3 Å². The molecule has 0 unspecified atom stereocenters. The van der Waals surface area contributed by atoms with Gasteiger partial charge < -0.3 is 20.2 Å². The van der Waals surface area contributed by atoms with Crippen molar-refractivity contribution in [1.82, 2.24) is 29.5 Å². The van der Waals surface area contributed by atoms with Crippen LogP contribution in [0.4, 0.5) is 11.6 Å². The van der Waals surface area contributed by atoms with Crippen LogP contribution in [0.1, 0.15) is 18.0 Å². The number of hydrogen-bond donors (Lipinski definition) is 2. The molecule has 0 saturated carbocycles. The Morgan fingerprint density at radius 1 is 1.03 bits per heavy atom. The van der Waals surface area contributed by atoms with Crippen LogP contribution in [0.2, 0.25) is 0 Å². The van der Waals surface area contributed by atoms with E-state index in [0.717, 1.165) is 47.6 Å². The van der Waals surface area contributed by atoms with E-state index in [0.29, 0.717) is 24.0 Å². The fourth-order valence-electron chi connectivity index (χ4n) is 4.92. The number of fused-ring (bicyclic) bond motifs is 5. The molecule has 2 bridgehead atoms. The maximum atomic E-state index is 12.9. The van der Waals surface area contributed by atoms with Gasteiger partial charge in [-0.05, 0) is 24.5 Å². The van der Waals surface area contributed by atoms with E-state index in [1.165, 1.54) is 6.33 Å². The third kappa shape index (κ3) is 2.66. The summed E-state index contributed by atoms with van der Waals surface area (Å²) < 4.78 is 1.93. The van der Waals surface area contributed by atoms with Crippen LogP contribution in [0.15, 0.2) is 47.9 Å². The molecule has 9 nitrogen and oxygen atoms in total. The van der Waals surface area contributed by atoms with Crippen molar-refractivity contribution in [3.63, 3.8) is 0 Å². The predicted molar refractivity (Wildman–Crippen MR) is 113 cm³/mol. The molecule has 0 radical (unpaired) electrons. The van der Waals surface area contributed by atoms with Gasteiger partial charge in [-0.1, -0.05) is 0 Å². The van der Waals surface area contributed by atoms with Crippen molar-refractivity contribution in [1.29, 1.82) is 0 Å². The molecule has 2 aliphatic rings. The molecule has 6 rings (SSSR count). The average Bonchev–Trinajstić information content (AvgIpc) is 3.23. The van der Waals surface area contributed by atoms with Gasteiger partial charge in [0.25, 0.3) is 5.56 Å². The zero-order chi connectivity index (χ0) is 20.2. The number of nitrogens with zero attached hydrogens (tertiary/aromatic N) is 6. The Kier molecular flexibility index (Phi) is 3.64. The van der Waals surface area contributed by atoms with E-state index in [4.69, 9.17) is 5.73 Å². The van der Waals surface area contributed by atoms with Gasteiger partial charge in [-0.25, -0.2) is 19.9 Å². The molecular formula is C21H20N8O. The minimum absolute atomic E-state index is 0.0119. The molecule has 4 aromatic rings. The van der Waals surface area contributed by atoms with Crippen LogP contribution >= 0.6 is 0 Å². The van der Waals surface area contributed by atoms with Gasteiger partial charge in [0.15, 0.2) is 0 Å². The number of rotatable bonds is 2. The predicted octanol–water partition coefficient (Wildman–Crippen LogP) is 1.78. The van der Waals surface area contributed by atoms with Gasteiger partial charge in [-0.15, -0.1) is 0 Å². The Morgan fingerprint density at radius 3 is 2.83 bits per heavy atom. The summed E-state index contributed by atoms with van der Waals surface area (Å²) in [6.07, 6.45) is 5.99. The molecule has 150 valence electrons. The molecular weight excluding hydrogens is 380 g/mol. The lowest BCUT2D eigenvalue weighted by molar-refractivity contribution is 0.281. The van der Waals surface area contributed by atoms with Crippen molar-refractivity contribution < 1.29 is 0 Å². The number of nitrogens with two attached hydrogens (primary N) is 1. The topological polar surface area (TPSA) is 119 Å². The smallest absolute Gasteiger partial charge is 0.251 e. The van der Waals surface area contributed by atoms with E-state index in [1.807, 2.05) is 16.8 Å². The normalized spacial score (nSPS) is 20.3. The quantitative estimate of drug-likeness (QED) is 0.526. The number of aromatic nitrogens is 6. The van der Waals surface area contributed by atoms with Crippen LogP contribution < -0.4 is 16.2 Å². The summed E-state index contributed by atoms with van der Waals surface area (Å²) in [6.45, 7) is 2.40. The number of aromatic amines is 1. The van der Waals surface area contributed by atoms with E-state index in [9.17, 15) is 4.79 Å². The monoisotopic (exact) mass is 400 g/mol. The minimum atomic E-state index is 0.0119. The van der Waals surface area contributed by atoms with Gasteiger partial charge in [0.1, 0.15) is 29.9 Å². The van der Waals surface area contributed by atoms with E-state index >= 15 is 0 Å². The van der Waals surface area contributed by atoms with Crippen molar-refractivity contribution >= 4 is 22.7 Å². The highest BCUT2D eigenvalue weighted by molar-refractivity contribution is 5.87. The molecule has 2 atom stereocenters. The maximum absolute atomic E-state index is 12.9. The van der Waals surface area contributed by atoms with E-state index in [2.05, 4.69) is 35.9 Å². The van der Waals surface area contributed by atoms with E-state index in [1.54, 1.807) is 18.5 Å². The third-order valence-electron chi connectivity index (χ3n) is 6.17. The fraction of sp³-hybridized carbons (Fsp3) is 0.286. The SMILES string of the molecule is Nc1cc(-c2cc3n(c(=O)c2)C[C@H]2C[C@@H]3CN(c3ncnc4[nH]ccc34)C2)ncn1. The Hall–Kier alpha value is -3.75. The third-order valence-corrected chi connectivity index (χ3v) is 6.17. The van der Waals surface area contributed by atoms with Crippen molar-refractivity contribution in [2.75, 3.05) is 23.7 Å². The largest absolute Gasteiger partial charge is 0.384 e. The number of pyridine rings is 1. The van der Waals surface area contributed by atoms with Gasteiger partial charge in [0.05, 0.1) is 11.1 Å². The van der Waals surface area contributed by atoms with Crippen LogP contribution in [0, 0.1) is 5.92 Å². The second-order valence-corrected chi connectivity index (χ2v) is 8.09. The molecule has 0 aromatic carbocycles. The first-order valence-corrected chi connectivity index (χ1v) is 10.0. The summed E-state index contributed by atoms with van der Waals surface area (Å²) >= 11 is 0. The maximum Gasteiger partial charge on any atom is 0.251 e. The molecule has 1 fully saturated rings. The summed E-state index contributed by atoms with van der Waals surface area (Å²) in [7, 11) is 0. The van der Waals surface area contributed by atoms with Crippen molar-refractivity contribution in [2.45, 2.75) is 18.9 Å². The van der Waals surface area contributed by atoms with Crippen molar-refractivity contribution in [3.05, 3.63) is 59.2 Å². The highest BCUT2D eigenvalue weighted by atomic mass is 16.1. The Bertz CT molecular complexity index is 1330. The molecule has 30 heavy (non-hydrogen) atoms. The molecule has 6 heterocycles. The van der Waals surface area contributed by atoms with Crippen molar-refractivity contribution in [2.24, 2.45) is 5.92 Å². The molecule has 3 N–H and O–H groups in total. The van der Waals surface area contributed by atoms with Crippen LogP contribution in [0.25, 0.3) is 22.3 Å². The summed E-state index contributed by atoms with van der Waals surface area (Å²) in [6, 6.07) is 7.45. The summed E-state index contributed by atoms with van der Waals surface area (Å²) in [4.78, 5) is 35.5. The first-order chi connectivity index (χ1) is 14.7. The van der Waals surface area contributed by atoms with Gasteiger partial charge in [-0.2, -0.15) is 0 Å². The number of nitrogen functional groups attached to an aromatic ring is 1. The average molecular weight is 400 g/mol. The summed E-state index contributed by atoms with van der Waals surface area (Å²) in [5.41, 5.74) is 9.17. The molecule has 9 heteroatoms. The molecule has 2 aliphatic heterocycles. The van der Waals surface area contributed by atoms with Gasteiger partial charge in [0.2, 0.25) is 0 Å². The number of hydrogen-bond acceptors (Lipinski definition) is 7. The standard InChI is InChI=1S/C21H20N8O/c22-18-6-16(24-10-25-18)13-4-17-14-3-12(8-29(17)19(30)5-13)7-28(9-14)21-15-1-2-23-20(15)26-11-27-21/h1-2,4-6,10-12,14H,3,7-9H2,(H2,22,24,25)(H,23,26,27)/t12-,14+/m0/s1. The van der Waals surface area contributed by atoms with Gasteiger partial charge in [0, 0.05) is 55.1 Å². The van der Waals surface area contributed by atoms with E-state index in [-0.39, 0.29) is 11.5 Å². The molecule has 0 amide bonds. The lowest BCUT2D eigenvalue weighted by atomic mass is 9.82. The zero-order valence-electron chi connectivity index (χ0n) is 16.2. The lowest BCUT2D eigenvalue weighted by Crippen LogP contribution is -2.47. The van der Waals surface area contributed by atoms with Crippen LogP contribution in [-0.2, 0) is 6.54 Å². The lowest BCUT2D eigenvalue weighted by Gasteiger charge is -2.43. The molecule has 1 saturated heterocycles. The number of H-pyrrole nitrogens is 1. The Labute approximate surface area is 171 Å². The van der Waals surface area contributed by atoms with Crippen LogP contribution in [0.5, 0.6) is 0 Å². The first-order valence-electron chi connectivity index (χ1n) is 10.0. The van der Waals surface area contributed by atoms with E-state index < -0.39 is 0 Å². The zero-order valence-corrected chi connectivity index (χ0v) is 16.2. The number of nitrogens with one attached hydrogen (secondary N) is 1. The Morgan fingerprint density at radius 2 is 1.93 bits per heavy atom. The number of anilines is 2. The fourth-order valence-corrected chi connectivity index (χ4v) is 4.92. The van der Waals surface area contributed by atoms with Gasteiger partial charge in [-0.3, -0.25) is 4.79 Å². The molecule has 4 aromatic heterocycles. The number of piperidine rings is 1. The summed E-state index contributed by atoms with van der Waals surface area (Å²) in [5, 5.41) is 1.03. The van der Waals surface area contributed by atoms with Crippen LogP contribution in [0.3, 0.4) is 0 Å². The van der Waals surface area contributed by atoms with Gasteiger partial charge >= 0.3 is 0 Å². The molecule has 0 spiro atoms. The Balaban J connectivity index is 1.41.